The summed E-state index contributed by atoms with van der Waals surface area (Å²) in [6.45, 7) is 4.76. The molecule has 2 heterocycles. The van der Waals surface area contributed by atoms with Gasteiger partial charge < -0.3 is 14.1 Å². The number of hydrogen-bond donors (Lipinski definition) is 1. The Morgan fingerprint density at radius 3 is 2.45 bits per heavy atom. The zero-order chi connectivity index (χ0) is 22.1. The van der Waals surface area contributed by atoms with E-state index in [4.69, 9.17) is 9.15 Å². The maximum Gasteiger partial charge on any atom is 0.336 e. The highest BCUT2D eigenvalue weighted by Crippen LogP contribution is 2.29. The second-order valence-corrected chi connectivity index (χ2v) is 7.40. The fourth-order valence-corrected chi connectivity index (χ4v) is 3.87. The molecule has 0 radical (unpaired) electrons. The van der Waals surface area contributed by atoms with Crippen LogP contribution in [-0.2, 0) is 0 Å². The molecule has 2 aromatic carbocycles. The van der Waals surface area contributed by atoms with E-state index in [2.05, 4.69) is 4.98 Å². The number of H-pyrrole nitrogens is 1. The first kappa shape index (κ1) is 20.3. The summed E-state index contributed by atoms with van der Waals surface area (Å²) in [4.78, 5) is 39.5. The monoisotopic (exact) mass is 415 g/mol. The predicted octanol–water partition coefficient (Wildman–Crippen LogP) is 4.87. The van der Waals surface area contributed by atoms with Crippen molar-refractivity contribution in [2.24, 2.45) is 0 Å². The third kappa shape index (κ3) is 3.92. The molecule has 0 atom stereocenters. The molecule has 31 heavy (non-hydrogen) atoms. The van der Waals surface area contributed by atoms with Crippen molar-refractivity contribution in [3.8, 4) is 16.9 Å². The van der Waals surface area contributed by atoms with E-state index in [-0.39, 0.29) is 18.2 Å². The van der Waals surface area contributed by atoms with E-state index in [1.54, 1.807) is 32.0 Å². The molecule has 0 aliphatic heterocycles. The quantitative estimate of drug-likeness (QED) is 0.358. The molecule has 0 amide bonds. The average Bonchev–Trinajstić information content (AvgIpc) is 3.05. The molecule has 6 nitrogen and oxygen atoms in total. The first-order valence-electron chi connectivity index (χ1n) is 9.84. The van der Waals surface area contributed by atoms with Gasteiger partial charge in [-0.05, 0) is 49.6 Å². The molecular weight excluding hydrogens is 394 g/mol. The van der Waals surface area contributed by atoms with Crippen LogP contribution in [-0.4, -0.2) is 23.2 Å². The van der Waals surface area contributed by atoms with E-state index in [0.29, 0.717) is 33.8 Å². The van der Waals surface area contributed by atoms with Crippen LogP contribution in [0.4, 0.5) is 0 Å². The first-order valence-corrected chi connectivity index (χ1v) is 9.84. The van der Waals surface area contributed by atoms with Gasteiger partial charge in [0.05, 0.1) is 5.69 Å². The van der Waals surface area contributed by atoms with E-state index in [0.717, 1.165) is 16.5 Å². The fraction of sp³-hybridized carbons (Fsp3) is 0.160. The van der Waals surface area contributed by atoms with Crippen molar-refractivity contribution in [2.45, 2.75) is 20.8 Å². The molecule has 4 rings (SSSR count). The minimum atomic E-state index is -0.464. The van der Waals surface area contributed by atoms with Crippen LogP contribution in [0.25, 0.3) is 22.1 Å². The molecule has 0 saturated heterocycles. The molecule has 6 heteroatoms. The van der Waals surface area contributed by atoms with Gasteiger partial charge in [0.15, 0.2) is 12.4 Å². The largest absolute Gasteiger partial charge is 0.485 e. The first-order chi connectivity index (χ1) is 14.8. The Kier molecular flexibility index (Phi) is 5.29. The van der Waals surface area contributed by atoms with Gasteiger partial charge in [-0.2, -0.15) is 0 Å². The normalized spacial score (nSPS) is 10.9. The number of aromatic nitrogens is 1. The Balaban J connectivity index is 1.60. The average molecular weight is 415 g/mol. The van der Waals surface area contributed by atoms with Crippen LogP contribution in [0.15, 0.2) is 63.8 Å². The van der Waals surface area contributed by atoms with Gasteiger partial charge in [0.25, 0.3) is 0 Å². The lowest BCUT2D eigenvalue weighted by Crippen LogP contribution is -2.13. The maximum absolute atomic E-state index is 12.6. The van der Waals surface area contributed by atoms with Gasteiger partial charge in [0, 0.05) is 28.8 Å². The van der Waals surface area contributed by atoms with E-state index >= 15 is 0 Å². The Morgan fingerprint density at radius 2 is 1.77 bits per heavy atom. The molecule has 0 spiro atoms. The van der Waals surface area contributed by atoms with Crippen LogP contribution in [0.1, 0.15) is 39.0 Å². The number of benzene rings is 2. The van der Waals surface area contributed by atoms with Gasteiger partial charge in [-0.1, -0.05) is 30.3 Å². The smallest absolute Gasteiger partial charge is 0.336 e. The molecule has 0 fully saturated rings. The summed E-state index contributed by atoms with van der Waals surface area (Å²) in [6.07, 6.45) is 0. The molecule has 1 N–H and O–H groups in total. The van der Waals surface area contributed by atoms with Crippen LogP contribution in [0.5, 0.6) is 5.75 Å². The van der Waals surface area contributed by atoms with Crippen LogP contribution >= 0.6 is 0 Å². The maximum atomic E-state index is 12.6. The molecule has 0 bridgehead atoms. The topological polar surface area (TPSA) is 89.4 Å². The molecule has 2 aromatic heterocycles. The molecule has 0 unspecified atom stereocenters. The number of carbonyl (C=O) groups is 2. The molecule has 4 aromatic rings. The number of aryl methyl sites for hydroxylation is 1. The summed E-state index contributed by atoms with van der Waals surface area (Å²) in [5.41, 5.74) is 3.76. The summed E-state index contributed by atoms with van der Waals surface area (Å²) >= 11 is 0. The highest BCUT2D eigenvalue weighted by Gasteiger charge is 2.20. The number of Topliss-reactive ketones (excluding diaryl/α,β-unsaturated/α-hetero) is 2. The SMILES string of the molecule is CC(=O)c1c(C)[nH]c(C(=O)COc2ccc3c(-c4ccccc4)cc(=O)oc3c2)c1C. The number of nitrogens with one attached hydrogen (secondary N) is 1. The highest BCUT2D eigenvalue weighted by molar-refractivity contribution is 6.03. The van der Waals surface area contributed by atoms with Gasteiger partial charge >= 0.3 is 5.63 Å². The second-order valence-electron chi connectivity index (χ2n) is 7.40. The van der Waals surface area contributed by atoms with Gasteiger partial charge in [-0.25, -0.2) is 4.79 Å². The van der Waals surface area contributed by atoms with E-state index in [1.807, 2.05) is 30.3 Å². The van der Waals surface area contributed by atoms with Crippen molar-refractivity contribution >= 4 is 22.5 Å². The van der Waals surface area contributed by atoms with Crippen molar-refractivity contribution in [3.63, 3.8) is 0 Å². The second kappa shape index (κ2) is 8.07. The highest BCUT2D eigenvalue weighted by atomic mass is 16.5. The molecular formula is C25H21NO5. The van der Waals surface area contributed by atoms with Crippen LogP contribution in [0, 0.1) is 13.8 Å². The number of ketones is 2. The Bertz CT molecular complexity index is 1360. The summed E-state index contributed by atoms with van der Waals surface area (Å²) in [7, 11) is 0. The summed E-state index contributed by atoms with van der Waals surface area (Å²) < 4.78 is 11.0. The third-order valence-corrected chi connectivity index (χ3v) is 5.24. The minimum Gasteiger partial charge on any atom is -0.485 e. The number of fused-ring (bicyclic) bond motifs is 1. The lowest BCUT2D eigenvalue weighted by molar-refractivity contribution is 0.0916. The number of hydrogen-bond acceptors (Lipinski definition) is 5. The number of rotatable bonds is 6. The third-order valence-electron chi connectivity index (χ3n) is 5.24. The standard InChI is InChI=1S/C25H21NO5/c1-14-24(16(3)27)15(2)26-25(14)21(28)13-30-18-9-10-19-20(17-7-5-4-6-8-17)12-23(29)31-22(19)11-18/h4-12,26H,13H2,1-3H3. The predicted molar refractivity (Wildman–Crippen MR) is 118 cm³/mol. The van der Waals surface area contributed by atoms with Crippen molar-refractivity contribution in [3.05, 3.63) is 87.5 Å². The zero-order valence-corrected chi connectivity index (χ0v) is 17.4. The van der Waals surface area contributed by atoms with Crippen molar-refractivity contribution in [1.29, 1.82) is 0 Å². The Morgan fingerprint density at radius 1 is 1.03 bits per heavy atom. The van der Waals surface area contributed by atoms with Crippen molar-refractivity contribution < 1.29 is 18.7 Å². The van der Waals surface area contributed by atoms with Crippen LogP contribution in [0.3, 0.4) is 0 Å². The van der Waals surface area contributed by atoms with Crippen molar-refractivity contribution in [2.75, 3.05) is 6.61 Å². The number of aromatic amines is 1. The van der Waals surface area contributed by atoms with E-state index in [9.17, 15) is 14.4 Å². The molecule has 0 aliphatic carbocycles. The number of ether oxygens (including phenoxy) is 1. The van der Waals surface area contributed by atoms with Gasteiger partial charge in [0.1, 0.15) is 11.3 Å². The van der Waals surface area contributed by atoms with Crippen molar-refractivity contribution in [1.82, 2.24) is 4.98 Å². The number of carbonyl (C=O) groups excluding carboxylic acids is 2. The van der Waals surface area contributed by atoms with E-state index < -0.39 is 5.63 Å². The molecule has 0 aliphatic rings. The van der Waals surface area contributed by atoms with E-state index in [1.165, 1.54) is 13.0 Å². The summed E-state index contributed by atoms with van der Waals surface area (Å²) in [5, 5.41) is 0.770. The van der Waals surface area contributed by atoms with Gasteiger partial charge in [-0.15, -0.1) is 0 Å². The van der Waals surface area contributed by atoms with Gasteiger partial charge in [-0.3, -0.25) is 9.59 Å². The Hall–Kier alpha value is -3.93. The fourth-order valence-electron chi connectivity index (χ4n) is 3.87. The van der Waals surface area contributed by atoms with Gasteiger partial charge in [0.2, 0.25) is 5.78 Å². The van der Waals surface area contributed by atoms with Crippen LogP contribution in [0.2, 0.25) is 0 Å². The molecule has 0 saturated carbocycles. The lowest BCUT2D eigenvalue weighted by atomic mass is 10.0. The lowest BCUT2D eigenvalue weighted by Gasteiger charge is -2.09. The molecule has 156 valence electrons. The zero-order valence-electron chi connectivity index (χ0n) is 17.4. The van der Waals surface area contributed by atoms with Crippen LogP contribution < -0.4 is 10.4 Å². The summed E-state index contributed by atoms with van der Waals surface area (Å²) in [6, 6.07) is 16.2. The minimum absolute atomic E-state index is 0.0926. The summed E-state index contributed by atoms with van der Waals surface area (Å²) in [5.74, 6) is 0.0413. The Labute approximate surface area is 178 Å².